The molecular formula is C12H25N. The van der Waals surface area contributed by atoms with Crippen molar-refractivity contribution in [2.24, 2.45) is 11.8 Å². The van der Waals surface area contributed by atoms with E-state index in [1.54, 1.807) is 0 Å². The highest BCUT2D eigenvalue weighted by Gasteiger charge is 2.36. The number of nitrogens with one attached hydrogen (secondary N) is 1. The van der Waals surface area contributed by atoms with Crippen LogP contribution in [0.25, 0.3) is 0 Å². The first-order chi connectivity index (χ1) is 6.13. The van der Waals surface area contributed by atoms with Gasteiger partial charge in [0.2, 0.25) is 0 Å². The average molecular weight is 183 g/mol. The Morgan fingerprint density at radius 2 is 2.00 bits per heavy atom. The van der Waals surface area contributed by atoms with E-state index in [-0.39, 0.29) is 0 Å². The smallest absolute Gasteiger partial charge is 0.0102 e. The van der Waals surface area contributed by atoms with Crippen molar-refractivity contribution in [2.75, 3.05) is 0 Å². The highest BCUT2D eigenvalue weighted by molar-refractivity contribution is 4.93. The van der Waals surface area contributed by atoms with Crippen molar-refractivity contribution < 1.29 is 0 Å². The third kappa shape index (κ3) is 4.12. The molecule has 0 spiro atoms. The molecule has 0 aromatic carbocycles. The monoisotopic (exact) mass is 183 g/mol. The van der Waals surface area contributed by atoms with Crippen LogP contribution < -0.4 is 5.32 Å². The number of rotatable bonds is 6. The zero-order valence-corrected chi connectivity index (χ0v) is 9.64. The molecule has 0 aromatic rings. The molecule has 1 aliphatic rings. The lowest BCUT2D eigenvalue weighted by molar-refractivity contribution is 0.428. The molecule has 0 radical (unpaired) electrons. The van der Waals surface area contributed by atoms with E-state index in [0.717, 1.165) is 17.9 Å². The molecule has 1 rings (SSSR count). The minimum atomic E-state index is 0.715. The summed E-state index contributed by atoms with van der Waals surface area (Å²) >= 11 is 0. The SMILES string of the molecule is CCCC1CC1NC(C)CC(C)C. The van der Waals surface area contributed by atoms with Gasteiger partial charge in [-0.1, -0.05) is 27.2 Å². The van der Waals surface area contributed by atoms with Gasteiger partial charge in [-0.25, -0.2) is 0 Å². The number of hydrogen-bond donors (Lipinski definition) is 1. The van der Waals surface area contributed by atoms with E-state index < -0.39 is 0 Å². The molecule has 1 saturated carbocycles. The fourth-order valence-electron chi connectivity index (χ4n) is 2.28. The van der Waals surface area contributed by atoms with Crippen molar-refractivity contribution in [3.63, 3.8) is 0 Å². The molecule has 0 amide bonds. The Morgan fingerprint density at radius 1 is 1.31 bits per heavy atom. The minimum Gasteiger partial charge on any atom is -0.311 e. The zero-order valence-electron chi connectivity index (χ0n) is 9.64. The highest BCUT2D eigenvalue weighted by Crippen LogP contribution is 2.35. The molecule has 78 valence electrons. The van der Waals surface area contributed by atoms with Gasteiger partial charge >= 0.3 is 0 Å². The molecule has 1 heteroatoms. The van der Waals surface area contributed by atoms with Gasteiger partial charge in [-0.3, -0.25) is 0 Å². The lowest BCUT2D eigenvalue weighted by atomic mass is 10.1. The van der Waals surface area contributed by atoms with Gasteiger partial charge in [-0.05, 0) is 38.0 Å². The van der Waals surface area contributed by atoms with Crippen molar-refractivity contribution in [2.45, 2.75) is 65.5 Å². The van der Waals surface area contributed by atoms with Crippen molar-refractivity contribution in [3.8, 4) is 0 Å². The van der Waals surface area contributed by atoms with Crippen LogP contribution in [-0.4, -0.2) is 12.1 Å². The summed E-state index contributed by atoms with van der Waals surface area (Å²) in [6.45, 7) is 9.21. The Balaban J connectivity index is 2.06. The summed E-state index contributed by atoms with van der Waals surface area (Å²) in [6.07, 6.45) is 5.51. The Bertz CT molecular complexity index is 142. The third-order valence-electron chi connectivity index (χ3n) is 2.91. The van der Waals surface area contributed by atoms with Gasteiger partial charge in [-0.2, -0.15) is 0 Å². The number of hydrogen-bond acceptors (Lipinski definition) is 1. The molecule has 1 fully saturated rings. The second kappa shape index (κ2) is 4.99. The molecular weight excluding hydrogens is 158 g/mol. The standard InChI is InChI=1S/C12H25N/c1-5-6-11-8-12(11)13-10(4)7-9(2)3/h9-13H,5-8H2,1-4H3. The minimum absolute atomic E-state index is 0.715. The quantitative estimate of drug-likeness (QED) is 0.667. The van der Waals surface area contributed by atoms with Crippen LogP contribution in [0.15, 0.2) is 0 Å². The first kappa shape index (κ1) is 11.0. The lowest BCUT2D eigenvalue weighted by Crippen LogP contribution is -2.30. The first-order valence-corrected chi connectivity index (χ1v) is 5.89. The highest BCUT2D eigenvalue weighted by atomic mass is 15.0. The molecule has 0 bridgehead atoms. The van der Waals surface area contributed by atoms with Gasteiger partial charge in [0.25, 0.3) is 0 Å². The van der Waals surface area contributed by atoms with Crippen LogP contribution >= 0.6 is 0 Å². The summed E-state index contributed by atoms with van der Waals surface area (Å²) in [6, 6.07) is 1.57. The van der Waals surface area contributed by atoms with E-state index >= 15 is 0 Å². The summed E-state index contributed by atoms with van der Waals surface area (Å²) < 4.78 is 0. The van der Waals surface area contributed by atoms with Gasteiger partial charge in [0.1, 0.15) is 0 Å². The van der Waals surface area contributed by atoms with Crippen LogP contribution in [0.2, 0.25) is 0 Å². The molecule has 13 heavy (non-hydrogen) atoms. The van der Waals surface area contributed by atoms with E-state index in [4.69, 9.17) is 0 Å². The molecule has 0 saturated heterocycles. The zero-order chi connectivity index (χ0) is 9.84. The predicted molar refractivity (Wildman–Crippen MR) is 58.9 cm³/mol. The Hall–Kier alpha value is -0.0400. The van der Waals surface area contributed by atoms with Crippen LogP contribution in [-0.2, 0) is 0 Å². The molecule has 1 N–H and O–H groups in total. The van der Waals surface area contributed by atoms with Gasteiger partial charge in [-0.15, -0.1) is 0 Å². The second-order valence-corrected chi connectivity index (χ2v) is 5.09. The summed E-state index contributed by atoms with van der Waals surface area (Å²) in [7, 11) is 0. The van der Waals surface area contributed by atoms with E-state index in [2.05, 4.69) is 33.0 Å². The van der Waals surface area contributed by atoms with Gasteiger partial charge in [0, 0.05) is 12.1 Å². The van der Waals surface area contributed by atoms with Gasteiger partial charge in [0.15, 0.2) is 0 Å². The summed E-state index contributed by atoms with van der Waals surface area (Å²) in [5.41, 5.74) is 0. The normalized spacial score (nSPS) is 29.3. The Morgan fingerprint density at radius 3 is 2.54 bits per heavy atom. The van der Waals surface area contributed by atoms with Crippen molar-refractivity contribution in [1.82, 2.24) is 5.32 Å². The Kier molecular flexibility index (Phi) is 4.24. The second-order valence-electron chi connectivity index (χ2n) is 5.09. The molecule has 1 nitrogen and oxygen atoms in total. The van der Waals surface area contributed by atoms with Crippen molar-refractivity contribution in [3.05, 3.63) is 0 Å². The first-order valence-electron chi connectivity index (χ1n) is 5.89. The van der Waals surface area contributed by atoms with E-state index in [1.807, 2.05) is 0 Å². The topological polar surface area (TPSA) is 12.0 Å². The molecule has 0 aromatic heterocycles. The Labute approximate surface area is 83.3 Å². The van der Waals surface area contributed by atoms with Crippen LogP contribution in [0.1, 0.15) is 53.4 Å². The molecule has 1 aliphatic carbocycles. The summed E-state index contributed by atoms with van der Waals surface area (Å²) in [5.74, 6) is 1.82. The fourth-order valence-corrected chi connectivity index (χ4v) is 2.28. The van der Waals surface area contributed by atoms with Crippen LogP contribution in [0.5, 0.6) is 0 Å². The lowest BCUT2D eigenvalue weighted by Gasteiger charge is -2.15. The summed E-state index contributed by atoms with van der Waals surface area (Å²) in [5, 5.41) is 3.72. The van der Waals surface area contributed by atoms with Crippen molar-refractivity contribution in [1.29, 1.82) is 0 Å². The predicted octanol–water partition coefficient (Wildman–Crippen LogP) is 3.20. The van der Waals surface area contributed by atoms with Gasteiger partial charge < -0.3 is 5.32 Å². The molecule has 3 unspecified atom stereocenters. The molecule has 0 aliphatic heterocycles. The maximum atomic E-state index is 3.72. The van der Waals surface area contributed by atoms with E-state index in [9.17, 15) is 0 Å². The van der Waals surface area contributed by atoms with Gasteiger partial charge in [0.05, 0.1) is 0 Å². The third-order valence-corrected chi connectivity index (χ3v) is 2.91. The van der Waals surface area contributed by atoms with Crippen LogP contribution in [0, 0.1) is 11.8 Å². The maximum Gasteiger partial charge on any atom is 0.0102 e. The molecule has 3 atom stereocenters. The van der Waals surface area contributed by atoms with E-state index in [1.165, 1.54) is 25.7 Å². The molecule has 0 heterocycles. The fraction of sp³-hybridized carbons (Fsp3) is 1.00. The van der Waals surface area contributed by atoms with Crippen LogP contribution in [0.4, 0.5) is 0 Å². The average Bonchev–Trinajstić information content (AvgIpc) is 2.66. The largest absolute Gasteiger partial charge is 0.311 e. The summed E-state index contributed by atoms with van der Waals surface area (Å²) in [4.78, 5) is 0. The maximum absolute atomic E-state index is 3.72. The van der Waals surface area contributed by atoms with E-state index in [0.29, 0.717) is 6.04 Å². The van der Waals surface area contributed by atoms with Crippen LogP contribution in [0.3, 0.4) is 0 Å². The van der Waals surface area contributed by atoms with Crippen molar-refractivity contribution >= 4 is 0 Å².